The van der Waals surface area contributed by atoms with E-state index < -0.39 is 0 Å². The lowest BCUT2D eigenvalue weighted by molar-refractivity contribution is 0.286. The average molecular weight is 504 g/mol. The van der Waals surface area contributed by atoms with E-state index in [0.29, 0.717) is 24.1 Å². The molecule has 0 unspecified atom stereocenters. The van der Waals surface area contributed by atoms with Crippen LogP contribution < -0.4 is 19.3 Å². The van der Waals surface area contributed by atoms with Gasteiger partial charge in [-0.1, -0.05) is 54.1 Å². The minimum absolute atomic E-state index is 0.548. The van der Waals surface area contributed by atoms with Crippen LogP contribution in [0.2, 0.25) is 5.02 Å². The van der Waals surface area contributed by atoms with Gasteiger partial charge in [-0.25, -0.2) is 0 Å². The number of aromatic nitrogens is 1. The van der Waals surface area contributed by atoms with Gasteiger partial charge in [0.05, 0.1) is 13.7 Å². The number of rotatable bonds is 9. The highest BCUT2D eigenvalue weighted by atomic mass is 35.5. The van der Waals surface area contributed by atoms with Gasteiger partial charge in [-0.2, -0.15) is 4.98 Å². The number of hydrogen-bond donors (Lipinski definition) is 0. The van der Waals surface area contributed by atoms with Crippen molar-refractivity contribution < 1.29 is 13.9 Å². The van der Waals surface area contributed by atoms with Crippen LogP contribution in [-0.2, 0) is 6.42 Å². The summed E-state index contributed by atoms with van der Waals surface area (Å²) in [6, 6.07) is 26.6. The second-order valence-corrected chi connectivity index (χ2v) is 9.12. The molecule has 0 radical (unpaired) electrons. The van der Waals surface area contributed by atoms with Crippen molar-refractivity contribution in [1.29, 1.82) is 0 Å². The van der Waals surface area contributed by atoms with Crippen LogP contribution in [0.25, 0.3) is 11.3 Å². The Bertz CT molecular complexity index is 1250. The van der Waals surface area contributed by atoms with Crippen LogP contribution in [0.1, 0.15) is 12.2 Å². The molecule has 0 amide bonds. The lowest BCUT2D eigenvalue weighted by atomic mass is 10.1. The summed E-state index contributed by atoms with van der Waals surface area (Å²) in [5, 5.41) is 0.700. The van der Waals surface area contributed by atoms with Gasteiger partial charge in [0.1, 0.15) is 11.5 Å². The van der Waals surface area contributed by atoms with E-state index in [1.165, 1.54) is 5.69 Å². The van der Waals surface area contributed by atoms with E-state index in [1.54, 1.807) is 7.11 Å². The maximum absolute atomic E-state index is 6.36. The average Bonchev–Trinajstić information content (AvgIpc) is 3.36. The van der Waals surface area contributed by atoms with Crippen molar-refractivity contribution in [1.82, 2.24) is 4.98 Å². The molecule has 0 spiro atoms. The monoisotopic (exact) mass is 503 g/mol. The third kappa shape index (κ3) is 5.60. The number of anilines is 2. The summed E-state index contributed by atoms with van der Waals surface area (Å²) >= 11 is 6.13. The second kappa shape index (κ2) is 11.4. The maximum atomic E-state index is 6.36. The normalized spacial score (nSPS) is 13.6. The summed E-state index contributed by atoms with van der Waals surface area (Å²) in [6.07, 6.45) is 1.50. The fourth-order valence-electron chi connectivity index (χ4n) is 4.42. The highest BCUT2D eigenvalue weighted by Crippen LogP contribution is 2.31. The number of oxazole rings is 1. The zero-order valence-electron chi connectivity index (χ0n) is 20.4. The van der Waals surface area contributed by atoms with Crippen molar-refractivity contribution in [3.05, 3.63) is 89.6 Å². The van der Waals surface area contributed by atoms with E-state index in [9.17, 15) is 0 Å². The number of hydrogen-bond acceptors (Lipinski definition) is 6. The van der Waals surface area contributed by atoms with Crippen molar-refractivity contribution in [2.24, 2.45) is 0 Å². The van der Waals surface area contributed by atoms with Crippen molar-refractivity contribution in [2.75, 3.05) is 49.7 Å². The van der Waals surface area contributed by atoms with E-state index in [2.05, 4.69) is 34.1 Å². The van der Waals surface area contributed by atoms with Gasteiger partial charge in [0, 0.05) is 48.9 Å². The second-order valence-electron chi connectivity index (χ2n) is 8.69. The smallest absolute Gasteiger partial charge is 0.298 e. The summed E-state index contributed by atoms with van der Waals surface area (Å²) in [4.78, 5) is 9.56. The number of nitrogens with zero attached hydrogens (tertiary/aromatic N) is 3. The number of ether oxygens (including phenoxy) is 2. The molecular formula is C29H30ClN3O3. The lowest BCUT2D eigenvalue weighted by Gasteiger charge is -2.35. The van der Waals surface area contributed by atoms with Gasteiger partial charge in [-0.15, -0.1) is 0 Å². The Hall–Kier alpha value is -3.64. The zero-order chi connectivity index (χ0) is 24.7. The topological polar surface area (TPSA) is 51.0 Å². The number of para-hydroxylation sites is 3. The quantitative estimate of drug-likeness (QED) is 0.248. The molecule has 186 valence electrons. The van der Waals surface area contributed by atoms with Crippen molar-refractivity contribution in [2.45, 2.75) is 12.8 Å². The largest absolute Gasteiger partial charge is 0.493 e. The predicted molar refractivity (Wildman–Crippen MR) is 145 cm³/mol. The number of aryl methyl sites for hydroxylation is 1. The van der Waals surface area contributed by atoms with Crippen molar-refractivity contribution >= 4 is 23.3 Å². The Labute approximate surface area is 217 Å². The van der Waals surface area contributed by atoms with Gasteiger partial charge in [-0.05, 0) is 42.8 Å². The van der Waals surface area contributed by atoms with Crippen LogP contribution in [-0.4, -0.2) is 44.9 Å². The van der Waals surface area contributed by atoms with Crippen LogP contribution in [0.4, 0.5) is 11.7 Å². The van der Waals surface area contributed by atoms with Crippen LogP contribution >= 0.6 is 11.6 Å². The molecule has 1 saturated heterocycles. The summed E-state index contributed by atoms with van der Waals surface area (Å²) in [5.74, 6) is 2.34. The molecular weight excluding hydrogens is 474 g/mol. The highest BCUT2D eigenvalue weighted by molar-refractivity contribution is 6.30. The van der Waals surface area contributed by atoms with Gasteiger partial charge in [0.25, 0.3) is 6.01 Å². The minimum Gasteiger partial charge on any atom is -0.493 e. The van der Waals surface area contributed by atoms with E-state index in [4.69, 9.17) is 30.5 Å². The van der Waals surface area contributed by atoms with E-state index in [-0.39, 0.29) is 0 Å². The third-order valence-corrected chi connectivity index (χ3v) is 6.60. The molecule has 1 fully saturated rings. The SMILES string of the molecule is COc1ccccc1OCCCc1oc(N2CCN(c3ccccc3)CC2)nc1-c1ccc(Cl)cc1. The minimum atomic E-state index is 0.548. The Kier molecular flexibility index (Phi) is 7.62. The number of methoxy groups -OCH3 is 1. The number of benzene rings is 3. The molecule has 0 atom stereocenters. The van der Waals surface area contributed by atoms with Crippen LogP contribution in [0.15, 0.2) is 83.3 Å². The first-order valence-electron chi connectivity index (χ1n) is 12.3. The van der Waals surface area contributed by atoms with E-state index in [1.807, 2.05) is 54.6 Å². The molecule has 0 bridgehead atoms. The van der Waals surface area contributed by atoms with E-state index in [0.717, 1.165) is 61.1 Å². The Morgan fingerprint density at radius 2 is 1.50 bits per heavy atom. The number of piperazine rings is 1. The Balaban J connectivity index is 1.28. The molecule has 36 heavy (non-hydrogen) atoms. The summed E-state index contributed by atoms with van der Waals surface area (Å²) in [6.45, 7) is 4.10. The Morgan fingerprint density at radius 3 is 2.22 bits per heavy atom. The van der Waals surface area contributed by atoms with Crippen LogP contribution in [0.5, 0.6) is 11.5 Å². The van der Waals surface area contributed by atoms with Gasteiger partial charge < -0.3 is 23.7 Å². The molecule has 0 N–H and O–H groups in total. The first-order valence-corrected chi connectivity index (χ1v) is 12.7. The molecule has 3 aromatic carbocycles. The summed E-state index contributed by atoms with van der Waals surface area (Å²) in [7, 11) is 1.65. The van der Waals surface area contributed by atoms with Crippen LogP contribution in [0.3, 0.4) is 0 Å². The van der Waals surface area contributed by atoms with Gasteiger partial charge in [-0.3, -0.25) is 0 Å². The molecule has 1 aliphatic rings. The van der Waals surface area contributed by atoms with Gasteiger partial charge in [0.15, 0.2) is 11.5 Å². The standard InChI is InChI=1S/C29H30ClN3O3/c1-34-25-10-5-6-11-26(25)35-21-7-12-27-28(22-13-15-23(30)16-14-22)31-29(36-27)33-19-17-32(18-20-33)24-8-3-2-4-9-24/h2-6,8-11,13-16H,7,12,17-21H2,1H3. The molecule has 1 aromatic heterocycles. The molecule has 0 saturated carbocycles. The zero-order valence-corrected chi connectivity index (χ0v) is 21.2. The van der Waals surface area contributed by atoms with Gasteiger partial charge in [0.2, 0.25) is 0 Å². The molecule has 5 rings (SSSR count). The third-order valence-electron chi connectivity index (χ3n) is 6.35. The molecule has 0 aliphatic carbocycles. The van der Waals surface area contributed by atoms with Crippen molar-refractivity contribution in [3.63, 3.8) is 0 Å². The first-order chi connectivity index (χ1) is 17.7. The fraction of sp³-hybridized carbons (Fsp3) is 0.276. The molecule has 6 nitrogen and oxygen atoms in total. The molecule has 7 heteroatoms. The fourth-order valence-corrected chi connectivity index (χ4v) is 4.55. The van der Waals surface area contributed by atoms with Crippen LogP contribution in [0, 0.1) is 0 Å². The summed E-state index contributed by atoms with van der Waals surface area (Å²) in [5.41, 5.74) is 3.12. The first kappa shape index (κ1) is 24.1. The van der Waals surface area contributed by atoms with Gasteiger partial charge >= 0.3 is 0 Å². The van der Waals surface area contributed by atoms with E-state index >= 15 is 0 Å². The summed E-state index contributed by atoms with van der Waals surface area (Å²) < 4.78 is 17.7. The van der Waals surface area contributed by atoms with Crippen molar-refractivity contribution in [3.8, 4) is 22.8 Å². The maximum Gasteiger partial charge on any atom is 0.298 e. The molecule has 1 aliphatic heterocycles. The Morgan fingerprint density at radius 1 is 0.833 bits per heavy atom. The predicted octanol–water partition coefficient (Wildman–Crippen LogP) is 6.34. The number of halogens is 1. The lowest BCUT2D eigenvalue weighted by Crippen LogP contribution is -2.46. The highest BCUT2D eigenvalue weighted by Gasteiger charge is 2.24. The molecule has 2 heterocycles. The molecule has 4 aromatic rings.